The summed E-state index contributed by atoms with van der Waals surface area (Å²) in [6, 6.07) is 21.0. The molecule has 3 aromatic carbocycles. The molecule has 0 aromatic heterocycles. The molecule has 0 aliphatic carbocycles. The van der Waals surface area contributed by atoms with Crippen LogP contribution < -0.4 is 4.74 Å². The molecule has 3 aromatic rings. The van der Waals surface area contributed by atoms with E-state index in [0.29, 0.717) is 39.0 Å². The average molecular weight is 526 g/mol. The van der Waals surface area contributed by atoms with Gasteiger partial charge in [-0.3, -0.25) is 9.69 Å². The third-order valence-electron chi connectivity index (χ3n) is 5.49. The predicted octanol–water partition coefficient (Wildman–Crippen LogP) is 8.28. The molecule has 1 amide bonds. The number of carbonyl (C=O) groups excluding carboxylic acids is 1. The molecule has 4 nitrogen and oxygen atoms in total. The monoisotopic (exact) mass is 524 g/mol. The molecule has 1 aliphatic rings. The summed E-state index contributed by atoms with van der Waals surface area (Å²) in [6.07, 6.45) is 3.78. The van der Waals surface area contributed by atoms with Crippen molar-refractivity contribution in [2.75, 3.05) is 6.54 Å². The van der Waals surface area contributed by atoms with E-state index in [1.54, 1.807) is 17.0 Å². The van der Waals surface area contributed by atoms with Crippen LogP contribution in [0.15, 0.2) is 76.6 Å². The van der Waals surface area contributed by atoms with Gasteiger partial charge in [-0.15, -0.1) is 0 Å². The van der Waals surface area contributed by atoms with Crippen molar-refractivity contribution < 1.29 is 9.53 Å². The summed E-state index contributed by atoms with van der Waals surface area (Å²) >= 11 is 13.7. The van der Waals surface area contributed by atoms with Crippen LogP contribution >= 0.6 is 35.0 Å². The van der Waals surface area contributed by atoms with Crippen molar-refractivity contribution in [1.82, 2.24) is 4.90 Å². The van der Waals surface area contributed by atoms with Gasteiger partial charge in [0.1, 0.15) is 12.4 Å². The third-order valence-corrected chi connectivity index (χ3v) is 7.08. The molecule has 0 spiro atoms. The number of nitrogens with zero attached hydrogens (tertiary/aromatic N) is 2. The maximum absolute atomic E-state index is 13.3. The van der Waals surface area contributed by atoms with Crippen LogP contribution in [0.3, 0.4) is 0 Å². The lowest BCUT2D eigenvalue weighted by Gasteiger charge is -2.14. The molecule has 180 valence electrons. The summed E-state index contributed by atoms with van der Waals surface area (Å²) < 4.78 is 6.08. The van der Waals surface area contributed by atoms with E-state index in [0.717, 1.165) is 29.7 Å². The fourth-order valence-electron chi connectivity index (χ4n) is 3.50. The first-order chi connectivity index (χ1) is 16.9. The molecule has 35 heavy (non-hydrogen) atoms. The lowest BCUT2D eigenvalue weighted by molar-refractivity contribution is -0.122. The molecule has 1 fully saturated rings. The molecular formula is C28H26Cl2N2O2S. The van der Waals surface area contributed by atoms with Crippen molar-refractivity contribution in [2.45, 2.75) is 33.3 Å². The second-order valence-corrected chi connectivity index (χ2v) is 10.1. The Hall–Kier alpha value is -2.73. The highest BCUT2D eigenvalue weighted by atomic mass is 35.5. The minimum Gasteiger partial charge on any atom is -0.488 e. The molecule has 1 heterocycles. The largest absolute Gasteiger partial charge is 0.488 e. The van der Waals surface area contributed by atoms with Crippen LogP contribution in [0.5, 0.6) is 5.75 Å². The fraction of sp³-hybridized carbons (Fsp3) is 0.214. The molecule has 0 radical (unpaired) electrons. The van der Waals surface area contributed by atoms with Gasteiger partial charge in [-0.2, -0.15) is 0 Å². The molecule has 1 saturated heterocycles. The van der Waals surface area contributed by atoms with Gasteiger partial charge >= 0.3 is 0 Å². The number of amidine groups is 1. The Morgan fingerprint density at radius 1 is 1.06 bits per heavy atom. The second-order valence-electron chi connectivity index (χ2n) is 8.21. The molecule has 0 N–H and O–H groups in total. The van der Waals surface area contributed by atoms with Gasteiger partial charge < -0.3 is 4.74 Å². The number of rotatable bonds is 8. The van der Waals surface area contributed by atoms with Crippen LogP contribution in [0.4, 0.5) is 5.69 Å². The average Bonchev–Trinajstić information content (AvgIpc) is 3.13. The standard InChI is InChI=1S/C28H26Cl2N2O2S/c1-3-4-15-32-27(33)26(35-28(32)31-23-13-9-19(2)10-14-23)16-20-7-5-6-8-25(20)34-18-21-11-12-22(29)17-24(21)30/h5-14,16-17H,3-4,15,18H2,1-2H3/b26-16+,31-28?. The van der Waals surface area contributed by atoms with Crippen molar-refractivity contribution in [3.8, 4) is 5.75 Å². The number of hydrogen-bond acceptors (Lipinski definition) is 4. The van der Waals surface area contributed by atoms with Crippen LogP contribution in [0.2, 0.25) is 10.0 Å². The first-order valence-corrected chi connectivity index (χ1v) is 13.0. The van der Waals surface area contributed by atoms with Crippen LogP contribution in [-0.2, 0) is 11.4 Å². The maximum atomic E-state index is 13.3. The number of ether oxygens (including phenoxy) is 1. The van der Waals surface area contributed by atoms with Crippen molar-refractivity contribution >= 4 is 57.8 Å². The number of hydrogen-bond donors (Lipinski definition) is 0. The van der Waals surface area contributed by atoms with Crippen LogP contribution in [0, 0.1) is 6.92 Å². The quantitative estimate of drug-likeness (QED) is 0.278. The van der Waals surface area contributed by atoms with Gasteiger partial charge in [0.15, 0.2) is 5.17 Å². The van der Waals surface area contributed by atoms with Crippen molar-refractivity contribution in [1.29, 1.82) is 0 Å². The number of para-hydroxylation sites is 1. The van der Waals surface area contributed by atoms with Crippen molar-refractivity contribution in [2.24, 2.45) is 4.99 Å². The van der Waals surface area contributed by atoms with E-state index in [2.05, 4.69) is 6.92 Å². The maximum Gasteiger partial charge on any atom is 0.266 e. The molecule has 4 rings (SSSR count). The summed E-state index contributed by atoms with van der Waals surface area (Å²) in [6.45, 7) is 5.08. The first kappa shape index (κ1) is 25.4. The summed E-state index contributed by atoms with van der Waals surface area (Å²) in [5, 5.41) is 1.83. The minimum absolute atomic E-state index is 0.0372. The zero-order chi connectivity index (χ0) is 24.8. The number of aliphatic imine (C=N–C) groups is 1. The van der Waals surface area contributed by atoms with Gasteiger partial charge in [0.05, 0.1) is 10.6 Å². The Morgan fingerprint density at radius 3 is 2.57 bits per heavy atom. The van der Waals surface area contributed by atoms with Crippen molar-refractivity contribution in [3.05, 3.63) is 98.4 Å². The minimum atomic E-state index is -0.0372. The summed E-state index contributed by atoms with van der Waals surface area (Å²) in [7, 11) is 0. The number of thioether (sulfide) groups is 1. The molecular weight excluding hydrogens is 499 g/mol. The van der Waals surface area contributed by atoms with Gasteiger partial charge in [-0.25, -0.2) is 4.99 Å². The van der Waals surface area contributed by atoms with E-state index in [9.17, 15) is 4.79 Å². The summed E-state index contributed by atoms with van der Waals surface area (Å²) in [4.78, 5) is 20.5. The highest BCUT2D eigenvalue weighted by Crippen LogP contribution is 2.36. The van der Waals surface area contributed by atoms with Gasteiger partial charge in [0, 0.05) is 27.7 Å². The molecule has 0 unspecified atom stereocenters. The van der Waals surface area contributed by atoms with E-state index in [4.69, 9.17) is 32.9 Å². The predicted molar refractivity (Wildman–Crippen MR) is 148 cm³/mol. The van der Waals surface area contributed by atoms with Crippen molar-refractivity contribution in [3.63, 3.8) is 0 Å². The van der Waals surface area contributed by atoms with Gasteiger partial charge in [0.2, 0.25) is 0 Å². The second kappa shape index (κ2) is 11.8. The topological polar surface area (TPSA) is 41.9 Å². The SMILES string of the molecule is CCCCN1C(=O)/C(=C\c2ccccc2OCc2ccc(Cl)cc2Cl)SC1=Nc1ccc(C)cc1. The van der Waals surface area contributed by atoms with E-state index in [-0.39, 0.29) is 5.91 Å². The molecule has 1 aliphatic heterocycles. The lowest BCUT2D eigenvalue weighted by atomic mass is 10.1. The Bertz CT molecular complexity index is 1270. The number of carbonyl (C=O) groups is 1. The van der Waals surface area contributed by atoms with Gasteiger partial charge in [0.25, 0.3) is 5.91 Å². The number of halogens is 2. The van der Waals surface area contributed by atoms with Gasteiger partial charge in [-0.1, -0.05) is 78.5 Å². The first-order valence-electron chi connectivity index (χ1n) is 11.5. The lowest BCUT2D eigenvalue weighted by Crippen LogP contribution is -2.30. The Labute approximate surface area is 220 Å². The Morgan fingerprint density at radius 2 is 1.83 bits per heavy atom. The Kier molecular flexibility index (Phi) is 8.55. The van der Waals surface area contributed by atoms with Gasteiger partial charge in [-0.05, 0) is 61.5 Å². The number of aryl methyl sites for hydroxylation is 1. The van der Waals surface area contributed by atoms with E-state index in [1.807, 2.05) is 67.6 Å². The summed E-state index contributed by atoms with van der Waals surface area (Å²) in [5.41, 5.74) is 3.66. The Balaban J connectivity index is 1.59. The van der Waals surface area contributed by atoms with Crippen LogP contribution in [-0.4, -0.2) is 22.5 Å². The molecule has 0 atom stereocenters. The van der Waals surface area contributed by atoms with E-state index in [1.165, 1.54) is 17.3 Å². The number of benzene rings is 3. The highest BCUT2D eigenvalue weighted by molar-refractivity contribution is 8.18. The number of amides is 1. The zero-order valence-electron chi connectivity index (χ0n) is 19.6. The molecule has 7 heteroatoms. The fourth-order valence-corrected chi connectivity index (χ4v) is 4.98. The third kappa shape index (κ3) is 6.49. The van der Waals surface area contributed by atoms with Crippen LogP contribution in [0.1, 0.15) is 36.5 Å². The molecule has 0 bridgehead atoms. The zero-order valence-corrected chi connectivity index (χ0v) is 22.0. The van der Waals surface area contributed by atoms with E-state index < -0.39 is 0 Å². The van der Waals surface area contributed by atoms with Crippen LogP contribution in [0.25, 0.3) is 6.08 Å². The molecule has 0 saturated carbocycles. The summed E-state index contributed by atoms with van der Waals surface area (Å²) in [5.74, 6) is 0.633. The van der Waals surface area contributed by atoms with E-state index >= 15 is 0 Å². The normalized spacial score (nSPS) is 15.9. The highest BCUT2D eigenvalue weighted by Gasteiger charge is 2.33. The smallest absolute Gasteiger partial charge is 0.266 e. The number of unbranched alkanes of at least 4 members (excludes halogenated alkanes) is 1.